The van der Waals surface area contributed by atoms with Gasteiger partial charge in [0.2, 0.25) is 5.91 Å². The highest BCUT2D eigenvalue weighted by Gasteiger charge is 2.37. The Labute approximate surface area is 167 Å². The number of hydrogen-bond acceptors (Lipinski definition) is 2. The van der Waals surface area contributed by atoms with Gasteiger partial charge in [0.05, 0.1) is 5.92 Å². The van der Waals surface area contributed by atoms with E-state index in [-0.39, 0.29) is 5.91 Å². The first-order valence-electron chi connectivity index (χ1n) is 9.12. The summed E-state index contributed by atoms with van der Waals surface area (Å²) in [5, 5.41) is -0.456. The largest absolute Gasteiger partial charge is 0.325 e. The van der Waals surface area contributed by atoms with Gasteiger partial charge in [0.25, 0.3) is 0 Å². The second-order valence-corrected chi connectivity index (χ2v) is 7.86. The van der Waals surface area contributed by atoms with E-state index >= 15 is 0 Å². The first kappa shape index (κ1) is 18.7. The Morgan fingerprint density at radius 1 is 0.929 bits per heavy atom. The van der Waals surface area contributed by atoms with Crippen LogP contribution in [-0.4, -0.2) is 23.1 Å². The summed E-state index contributed by atoms with van der Waals surface area (Å²) in [7, 11) is 0. The van der Waals surface area contributed by atoms with Gasteiger partial charge in [0, 0.05) is 23.9 Å². The summed E-state index contributed by atoms with van der Waals surface area (Å²) in [5.74, 6) is -1.06. The Bertz CT molecular complexity index is 925. The molecule has 1 fully saturated rings. The highest BCUT2D eigenvalue weighted by atomic mass is 32.2. The van der Waals surface area contributed by atoms with Gasteiger partial charge in [-0.05, 0) is 17.2 Å². The molecular formula is C23H19F2NOS. The maximum Gasteiger partial charge on any atom is 0.235 e. The van der Waals surface area contributed by atoms with Gasteiger partial charge in [-0.25, -0.2) is 8.78 Å². The monoisotopic (exact) mass is 395 g/mol. The van der Waals surface area contributed by atoms with E-state index in [1.807, 2.05) is 60.7 Å². The average molecular weight is 395 g/mol. The second kappa shape index (κ2) is 8.15. The standard InChI is InChI=1S/C23H19F2NOS/c24-18-11-12-19(20(25)15-18)23-26(13-14-28-23)22(27)21(16-7-3-1-4-8-16)17-9-5-2-6-10-17/h1-12,15,21,23H,13-14H2/t23-/m1/s1. The number of halogens is 2. The lowest BCUT2D eigenvalue weighted by atomic mass is 9.90. The van der Waals surface area contributed by atoms with Crippen molar-refractivity contribution in [2.45, 2.75) is 11.3 Å². The van der Waals surface area contributed by atoms with Crippen LogP contribution < -0.4 is 0 Å². The molecule has 1 amide bonds. The molecule has 142 valence electrons. The lowest BCUT2D eigenvalue weighted by Crippen LogP contribution is -2.35. The van der Waals surface area contributed by atoms with E-state index in [0.29, 0.717) is 17.9 Å². The first-order valence-corrected chi connectivity index (χ1v) is 10.2. The van der Waals surface area contributed by atoms with Crippen LogP contribution in [-0.2, 0) is 4.79 Å². The molecule has 1 saturated heterocycles. The van der Waals surface area contributed by atoms with Crippen molar-refractivity contribution in [2.75, 3.05) is 12.3 Å². The minimum atomic E-state index is -0.617. The molecule has 0 saturated carbocycles. The molecule has 0 bridgehead atoms. The van der Waals surface area contributed by atoms with Gasteiger partial charge in [-0.15, -0.1) is 11.8 Å². The maximum absolute atomic E-state index is 14.4. The fourth-order valence-electron chi connectivity index (χ4n) is 3.59. The van der Waals surface area contributed by atoms with Gasteiger partial charge >= 0.3 is 0 Å². The third-order valence-electron chi connectivity index (χ3n) is 4.92. The molecule has 1 atom stereocenters. The van der Waals surface area contributed by atoms with E-state index in [9.17, 15) is 13.6 Å². The highest BCUT2D eigenvalue weighted by Crippen LogP contribution is 2.41. The van der Waals surface area contributed by atoms with E-state index in [2.05, 4.69) is 0 Å². The Morgan fingerprint density at radius 2 is 1.54 bits per heavy atom. The lowest BCUT2D eigenvalue weighted by Gasteiger charge is -2.29. The number of hydrogen-bond donors (Lipinski definition) is 0. The number of benzene rings is 3. The summed E-state index contributed by atoms with van der Waals surface area (Å²) in [6, 6.07) is 22.8. The molecule has 0 aromatic heterocycles. The molecule has 28 heavy (non-hydrogen) atoms. The number of carbonyl (C=O) groups is 1. The van der Waals surface area contributed by atoms with Crippen molar-refractivity contribution >= 4 is 17.7 Å². The molecular weight excluding hydrogens is 376 g/mol. The Balaban J connectivity index is 1.72. The second-order valence-electron chi connectivity index (χ2n) is 6.67. The third kappa shape index (κ3) is 3.67. The van der Waals surface area contributed by atoms with Crippen molar-refractivity contribution in [1.82, 2.24) is 4.90 Å². The molecule has 0 N–H and O–H groups in total. The van der Waals surface area contributed by atoms with E-state index in [1.54, 1.807) is 4.90 Å². The molecule has 1 aliphatic rings. The molecule has 3 aromatic carbocycles. The minimum Gasteiger partial charge on any atom is -0.325 e. The molecule has 2 nitrogen and oxygen atoms in total. The van der Waals surface area contributed by atoms with Crippen LogP contribution in [0.25, 0.3) is 0 Å². The summed E-state index contributed by atoms with van der Waals surface area (Å²) < 4.78 is 27.7. The van der Waals surface area contributed by atoms with Gasteiger partial charge in [-0.2, -0.15) is 0 Å². The number of amides is 1. The van der Waals surface area contributed by atoms with Gasteiger partial charge in [-0.1, -0.05) is 66.7 Å². The van der Waals surface area contributed by atoms with E-state index in [1.165, 1.54) is 23.9 Å². The van der Waals surface area contributed by atoms with Crippen LogP contribution in [0.15, 0.2) is 78.9 Å². The highest BCUT2D eigenvalue weighted by molar-refractivity contribution is 7.99. The zero-order valence-corrected chi connectivity index (χ0v) is 15.9. The predicted molar refractivity (Wildman–Crippen MR) is 108 cm³/mol. The SMILES string of the molecule is O=C(C(c1ccccc1)c1ccccc1)N1CCS[C@@H]1c1ccc(F)cc1F. The zero-order chi connectivity index (χ0) is 19.5. The number of rotatable bonds is 4. The summed E-state index contributed by atoms with van der Waals surface area (Å²) in [4.78, 5) is 15.3. The van der Waals surface area contributed by atoms with Crippen LogP contribution >= 0.6 is 11.8 Å². The molecule has 0 radical (unpaired) electrons. The van der Waals surface area contributed by atoms with Crippen molar-refractivity contribution in [3.8, 4) is 0 Å². The lowest BCUT2D eigenvalue weighted by molar-refractivity contribution is -0.132. The molecule has 5 heteroatoms. The minimum absolute atomic E-state index is 0.0730. The van der Waals surface area contributed by atoms with Crippen LogP contribution in [0, 0.1) is 11.6 Å². The van der Waals surface area contributed by atoms with Gasteiger partial charge < -0.3 is 4.90 Å². The van der Waals surface area contributed by atoms with Crippen molar-refractivity contribution in [1.29, 1.82) is 0 Å². The van der Waals surface area contributed by atoms with E-state index < -0.39 is 22.9 Å². The Hall–Kier alpha value is -2.66. The summed E-state index contributed by atoms with van der Waals surface area (Å²) in [5.41, 5.74) is 2.14. The van der Waals surface area contributed by atoms with Crippen molar-refractivity contribution in [2.24, 2.45) is 0 Å². The van der Waals surface area contributed by atoms with Crippen molar-refractivity contribution in [3.63, 3.8) is 0 Å². The van der Waals surface area contributed by atoms with Crippen LogP contribution in [0.3, 0.4) is 0 Å². The quantitative estimate of drug-likeness (QED) is 0.592. The molecule has 4 rings (SSSR count). The van der Waals surface area contributed by atoms with Crippen molar-refractivity contribution in [3.05, 3.63) is 107 Å². The van der Waals surface area contributed by atoms with E-state index in [4.69, 9.17) is 0 Å². The molecule has 0 spiro atoms. The first-order chi connectivity index (χ1) is 13.6. The van der Waals surface area contributed by atoms with Gasteiger partial charge in [-0.3, -0.25) is 4.79 Å². The smallest absolute Gasteiger partial charge is 0.235 e. The van der Waals surface area contributed by atoms with Crippen molar-refractivity contribution < 1.29 is 13.6 Å². The van der Waals surface area contributed by atoms with Crippen LogP contribution in [0.5, 0.6) is 0 Å². The van der Waals surface area contributed by atoms with E-state index in [0.717, 1.165) is 17.2 Å². The average Bonchev–Trinajstić information content (AvgIpc) is 3.19. The molecule has 0 aliphatic carbocycles. The fraction of sp³-hybridized carbons (Fsp3) is 0.174. The number of thioether (sulfide) groups is 1. The number of nitrogens with zero attached hydrogens (tertiary/aromatic N) is 1. The molecule has 1 heterocycles. The third-order valence-corrected chi connectivity index (χ3v) is 6.16. The zero-order valence-electron chi connectivity index (χ0n) is 15.1. The maximum atomic E-state index is 14.4. The Morgan fingerprint density at radius 3 is 2.11 bits per heavy atom. The Kier molecular flexibility index (Phi) is 5.44. The van der Waals surface area contributed by atoms with Crippen LogP contribution in [0.2, 0.25) is 0 Å². The summed E-state index contributed by atoms with van der Waals surface area (Å²) in [6.45, 7) is 0.529. The fourth-order valence-corrected chi connectivity index (χ4v) is 4.87. The predicted octanol–water partition coefficient (Wildman–Crippen LogP) is 5.37. The van der Waals surface area contributed by atoms with Gasteiger partial charge in [0.15, 0.2) is 0 Å². The number of carbonyl (C=O) groups excluding carboxylic acids is 1. The summed E-state index contributed by atoms with van der Waals surface area (Å²) >= 11 is 1.50. The molecule has 1 aliphatic heterocycles. The normalized spacial score (nSPS) is 16.5. The molecule has 3 aromatic rings. The topological polar surface area (TPSA) is 20.3 Å². The van der Waals surface area contributed by atoms with Gasteiger partial charge in [0.1, 0.15) is 17.0 Å². The summed E-state index contributed by atoms with van der Waals surface area (Å²) in [6.07, 6.45) is 0. The van der Waals surface area contributed by atoms with Crippen LogP contribution in [0.1, 0.15) is 28.0 Å². The molecule has 0 unspecified atom stereocenters. The van der Waals surface area contributed by atoms with Crippen LogP contribution in [0.4, 0.5) is 8.78 Å².